The quantitative estimate of drug-likeness (QED) is 0.312. The molecule has 0 N–H and O–H groups in total. The van der Waals surface area contributed by atoms with E-state index in [1.54, 1.807) is 0 Å². The number of para-hydroxylation sites is 1. The Labute approximate surface area is 188 Å². The van der Waals surface area contributed by atoms with Crippen molar-refractivity contribution in [2.75, 3.05) is 0 Å². The number of hydrogen-bond acceptors (Lipinski definition) is 2. The topological polar surface area (TPSA) is 35.6 Å². The summed E-state index contributed by atoms with van der Waals surface area (Å²) in [4.78, 5) is 0. The number of aromatic nitrogens is 4. The van der Waals surface area contributed by atoms with E-state index in [9.17, 15) is 0 Å². The van der Waals surface area contributed by atoms with Crippen molar-refractivity contribution in [3.05, 3.63) is 109 Å². The molecule has 4 heteroatoms. The van der Waals surface area contributed by atoms with E-state index in [4.69, 9.17) is 10.2 Å². The second kappa shape index (κ2) is 8.67. The monoisotopic (exact) mass is 418 g/mol. The molecular weight excluding hydrogens is 392 g/mol. The van der Waals surface area contributed by atoms with Gasteiger partial charge in [0.25, 0.3) is 0 Å². The third-order valence-corrected chi connectivity index (χ3v) is 5.46. The molecule has 0 atom stereocenters. The van der Waals surface area contributed by atoms with E-state index >= 15 is 0 Å². The molecule has 0 radical (unpaired) electrons. The molecule has 0 aliphatic heterocycles. The average Bonchev–Trinajstić information content (AvgIpc) is 3.45. The van der Waals surface area contributed by atoms with Crippen LogP contribution in [-0.2, 0) is 6.42 Å². The Morgan fingerprint density at radius 3 is 1.97 bits per heavy atom. The highest BCUT2D eigenvalue weighted by Crippen LogP contribution is 2.37. The number of benzene rings is 3. The molecule has 0 aliphatic carbocycles. The smallest absolute Gasteiger partial charge is 0.119 e. The van der Waals surface area contributed by atoms with Gasteiger partial charge < -0.3 is 0 Å². The van der Waals surface area contributed by atoms with Crippen molar-refractivity contribution in [1.82, 2.24) is 19.6 Å². The highest BCUT2D eigenvalue weighted by molar-refractivity contribution is 5.82. The Kier molecular flexibility index (Phi) is 5.42. The Morgan fingerprint density at radius 1 is 0.750 bits per heavy atom. The van der Waals surface area contributed by atoms with Gasteiger partial charge in [-0.05, 0) is 30.0 Å². The summed E-state index contributed by atoms with van der Waals surface area (Å²) in [6, 6.07) is 31.1. The van der Waals surface area contributed by atoms with Gasteiger partial charge in [-0.3, -0.25) is 0 Å². The summed E-state index contributed by atoms with van der Waals surface area (Å²) in [5.41, 5.74) is 7.33. The zero-order chi connectivity index (χ0) is 21.9. The van der Waals surface area contributed by atoms with Gasteiger partial charge in [-0.2, -0.15) is 10.2 Å². The molecule has 2 aromatic heterocycles. The van der Waals surface area contributed by atoms with Crippen LogP contribution in [0.15, 0.2) is 103 Å². The molecule has 3 aromatic carbocycles. The zero-order valence-corrected chi connectivity index (χ0v) is 18.4. The third-order valence-electron chi connectivity index (χ3n) is 5.46. The van der Waals surface area contributed by atoms with Gasteiger partial charge in [0.2, 0.25) is 0 Å². The second-order valence-electron chi connectivity index (χ2n) is 8.42. The fourth-order valence-electron chi connectivity index (χ4n) is 4.09. The highest BCUT2D eigenvalue weighted by Gasteiger charge is 2.24. The number of nitrogens with zero attached hydrogens (tertiary/aromatic N) is 4. The molecule has 0 saturated carbocycles. The first-order chi connectivity index (χ1) is 15.7. The fraction of sp³-hybridized carbons (Fsp3) is 0.143. The van der Waals surface area contributed by atoms with E-state index in [1.165, 1.54) is 5.56 Å². The Hall–Kier alpha value is -3.92. The summed E-state index contributed by atoms with van der Waals surface area (Å²) >= 11 is 0. The van der Waals surface area contributed by atoms with Gasteiger partial charge in [-0.15, -0.1) is 0 Å². The van der Waals surface area contributed by atoms with Crippen LogP contribution in [0.1, 0.15) is 19.4 Å². The Bertz CT molecular complexity index is 1300. The lowest BCUT2D eigenvalue weighted by Crippen LogP contribution is -2.02. The lowest BCUT2D eigenvalue weighted by atomic mass is 10.1. The molecule has 158 valence electrons. The standard InChI is InChI=1S/C28H26N4/c1-21(2)18-22-19-29-31(20-22)28-26(23-12-6-3-7-13-23)30-32(25-16-10-5-11-17-25)27(28)24-14-8-4-9-15-24/h3-17,19-21H,18H2,1-2H3. The van der Waals surface area contributed by atoms with Crippen LogP contribution in [0.25, 0.3) is 33.9 Å². The minimum absolute atomic E-state index is 0.571. The van der Waals surface area contributed by atoms with Crippen LogP contribution in [0.5, 0.6) is 0 Å². The van der Waals surface area contributed by atoms with Crippen molar-refractivity contribution in [2.24, 2.45) is 5.92 Å². The van der Waals surface area contributed by atoms with Gasteiger partial charge in [0.15, 0.2) is 0 Å². The van der Waals surface area contributed by atoms with Crippen LogP contribution >= 0.6 is 0 Å². The normalized spacial score (nSPS) is 11.2. The van der Waals surface area contributed by atoms with E-state index in [0.29, 0.717) is 5.92 Å². The molecule has 0 spiro atoms. The van der Waals surface area contributed by atoms with Crippen LogP contribution in [0.4, 0.5) is 0 Å². The SMILES string of the molecule is CC(C)Cc1cnn(-c2c(-c3ccccc3)nn(-c3ccccc3)c2-c2ccccc2)c1. The summed E-state index contributed by atoms with van der Waals surface area (Å²) in [5, 5.41) is 9.91. The van der Waals surface area contributed by atoms with Crippen molar-refractivity contribution in [2.45, 2.75) is 20.3 Å². The molecule has 5 aromatic rings. The molecule has 0 unspecified atom stereocenters. The first-order valence-corrected chi connectivity index (χ1v) is 11.0. The van der Waals surface area contributed by atoms with Crippen LogP contribution in [0.3, 0.4) is 0 Å². The van der Waals surface area contributed by atoms with E-state index in [2.05, 4.69) is 80.7 Å². The second-order valence-corrected chi connectivity index (χ2v) is 8.42. The molecule has 2 heterocycles. The predicted molar refractivity (Wildman–Crippen MR) is 130 cm³/mol. The summed E-state index contributed by atoms with van der Waals surface area (Å²) in [5.74, 6) is 0.571. The van der Waals surface area contributed by atoms with Crippen molar-refractivity contribution >= 4 is 0 Å². The van der Waals surface area contributed by atoms with Gasteiger partial charge in [0, 0.05) is 17.3 Å². The predicted octanol–water partition coefficient (Wildman–Crippen LogP) is 6.59. The maximum absolute atomic E-state index is 5.13. The van der Waals surface area contributed by atoms with E-state index in [1.807, 2.05) is 45.9 Å². The number of hydrogen-bond donors (Lipinski definition) is 0. The number of rotatable bonds is 6. The summed E-state index contributed by atoms with van der Waals surface area (Å²) in [6.45, 7) is 4.46. The van der Waals surface area contributed by atoms with Crippen molar-refractivity contribution < 1.29 is 0 Å². The van der Waals surface area contributed by atoms with Crippen LogP contribution < -0.4 is 0 Å². The van der Waals surface area contributed by atoms with Crippen molar-refractivity contribution in [3.8, 4) is 33.9 Å². The van der Waals surface area contributed by atoms with E-state index in [0.717, 1.165) is 40.3 Å². The minimum atomic E-state index is 0.571. The minimum Gasteiger partial charge on any atom is -0.236 e. The van der Waals surface area contributed by atoms with Gasteiger partial charge in [0.1, 0.15) is 17.1 Å². The maximum Gasteiger partial charge on any atom is 0.119 e. The largest absolute Gasteiger partial charge is 0.236 e. The molecular formula is C28H26N4. The van der Waals surface area contributed by atoms with E-state index in [-0.39, 0.29) is 0 Å². The van der Waals surface area contributed by atoms with Gasteiger partial charge >= 0.3 is 0 Å². The van der Waals surface area contributed by atoms with Crippen molar-refractivity contribution in [3.63, 3.8) is 0 Å². The lowest BCUT2D eigenvalue weighted by molar-refractivity contribution is 0.647. The first kappa shape index (κ1) is 20.0. The van der Waals surface area contributed by atoms with Crippen molar-refractivity contribution in [1.29, 1.82) is 0 Å². The molecule has 0 amide bonds. The van der Waals surface area contributed by atoms with Crippen LogP contribution in [-0.4, -0.2) is 19.6 Å². The third kappa shape index (κ3) is 3.87. The molecule has 0 saturated heterocycles. The highest BCUT2D eigenvalue weighted by atomic mass is 15.4. The molecule has 0 bridgehead atoms. The maximum atomic E-state index is 5.13. The van der Waals surface area contributed by atoms with Gasteiger partial charge in [-0.25, -0.2) is 9.36 Å². The first-order valence-electron chi connectivity index (χ1n) is 11.0. The molecule has 0 aliphatic rings. The summed E-state index contributed by atoms with van der Waals surface area (Å²) in [7, 11) is 0. The Balaban J connectivity index is 1.81. The summed E-state index contributed by atoms with van der Waals surface area (Å²) < 4.78 is 4.03. The van der Waals surface area contributed by atoms with Gasteiger partial charge in [-0.1, -0.05) is 92.7 Å². The molecule has 32 heavy (non-hydrogen) atoms. The molecule has 0 fully saturated rings. The Morgan fingerprint density at radius 2 is 1.34 bits per heavy atom. The molecule has 4 nitrogen and oxygen atoms in total. The van der Waals surface area contributed by atoms with Crippen LogP contribution in [0.2, 0.25) is 0 Å². The summed E-state index contributed by atoms with van der Waals surface area (Å²) in [6.07, 6.45) is 5.11. The zero-order valence-electron chi connectivity index (χ0n) is 18.4. The molecule has 5 rings (SSSR count). The average molecular weight is 419 g/mol. The van der Waals surface area contributed by atoms with Crippen LogP contribution in [0, 0.1) is 5.92 Å². The van der Waals surface area contributed by atoms with E-state index < -0.39 is 0 Å². The lowest BCUT2D eigenvalue weighted by Gasteiger charge is -2.10. The fourth-order valence-corrected chi connectivity index (χ4v) is 4.09. The van der Waals surface area contributed by atoms with Gasteiger partial charge in [0.05, 0.1) is 11.9 Å².